The van der Waals surface area contributed by atoms with E-state index in [-0.39, 0.29) is 11.4 Å². The van der Waals surface area contributed by atoms with Crippen molar-refractivity contribution in [3.05, 3.63) is 83.2 Å². The molecule has 3 aromatic heterocycles. The minimum atomic E-state index is -4.80. The average molecular weight is 482 g/mol. The van der Waals surface area contributed by atoms with Crippen LogP contribution in [0.4, 0.5) is 24.5 Å². The fourth-order valence-electron chi connectivity index (χ4n) is 3.20. The third-order valence-electron chi connectivity index (χ3n) is 4.69. The summed E-state index contributed by atoms with van der Waals surface area (Å²) in [6, 6.07) is 6.51. The fraction of sp³-hybridized carbons (Fsp3) is 0.0909. The van der Waals surface area contributed by atoms with Gasteiger partial charge in [0.05, 0.1) is 57.0 Å². The summed E-state index contributed by atoms with van der Waals surface area (Å²) in [5.41, 5.74) is 4.13. The van der Waals surface area contributed by atoms with Crippen molar-refractivity contribution in [2.24, 2.45) is 0 Å². The van der Waals surface area contributed by atoms with Crippen LogP contribution in [0.5, 0.6) is 0 Å². The van der Waals surface area contributed by atoms with Crippen molar-refractivity contribution in [3.63, 3.8) is 0 Å². The van der Waals surface area contributed by atoms with E-state index in [0.29, 0.717) is 33.5 Å². The Morgan fingerprint density at radius 2 is 1.97 bits per heavy atom. The molecular weight excluding hydrogens is 465 g/mol. The molecule has 3 heterocycles. The topological polar surface area (TPSA) is 104 Å². The highest BCUT2D eigenvalue weighted by molar-refractivity contribution is 7.17. The van der Waals surface area contributed by atoms with E-state index in [4.69, 9.17) is 5.41 Å². The molecule has 0 saturated carbocycles. The number of alkyl halides is 3. The lowest BCUT2D eigenvalue weighted by molar-refractivity contribution is -0.0906. The highest BCUT2D eigenvalue weighted by atomic mass is 32.1. The Morgan fingerprint density at radius 3 is 2.62 bits per heavy atom. The number of halogens is 3. The number of nitrogens with zero attached hydrogens (tertiary/aromatic N) is 5. The van der Waals surface area contributed by atoms with E-state index in [2.05, 4.69) is 43.1 Å². The van der Waals surface area contributed by atoms with Crippen molar-refractivity contribution in [1.82, 2.24) is 25.0 Å². The molecule has 4 rings (SSSR count). The van der Waals surface area contributed by atoms with Crippen LogP contribution in [-0.2, 0) is 0 Å². The molecule has 0 unspecified atom stereocenters. The maximum atomic E-state index is 14.1. The van der Waals surface area contributed by atoms with Gasteiger partial charge in [0.1, 0.15) is 5.70 Å². The molecule has 34 heavy (non-hydrogen) atoms. The Bertz CT molecular complexity index is 1430. The molecule has 0 aliphatic heterocycles. The first-order valence-corrected chi connectivity index (χ1v) is 10.6. The minimum Gasteiger partial charge on any atom is -0.350 e. The third-order valence-corrected chi connectivity index (χ3v) is 5.56. The normalized spacial score (nSPS) is 12.1. The van der Waals surface area contributed by atoms with Crippen LogP contribution < -0.4 is 10.6 Å². The lowest BCUT2D eigenvalue weighted by Crippen LogP contribution is -2.24. The van der Waals surface area contributed by atoms with E-state index in [1.807, 2.05) is 0 Å². The first-order chi connectivity index (χ1) is 16.3. The highest BCUT2D eigenvalue weighted by Crippen LogP contribution is 2.35. The molecule has 0 aliphatic rings. The monoisotopic (exact) mass is 482 g/mol. The second-order valence-electron chi connectivity index (χ2n) is 6.92. The number of nitrogens with one attached hydrogen (secondary N) is 3. The van der Waals surface area contributed by atoms with Crippen LogP contribution in [0.25, 0.3) is 16.0 Å². The summed E-state index contributed by atoms with van der Waals surface area (Å²) in [6.45, 7) is 5.27. The number of aromatic nitrogens is 5. The van der Waals surface area contributed by atoms with Crippen molar-refractivity contribution in [1.29, 1.82) is 5.41 Å². The van der Waals surface area contributed by atoms with Gasteiger partial charge in [0.2, 0.25) is 0 Å². The van der Waals surface area contributed by atoms with Gasteiger partial charge in [-0.1, -0.05) is 12.6 Å². The van der Waals surface area contributed by atoms with Gasteiger partial charge in [-0.25, -0.2) is 9.97 Å². The van der Waals surface area contributed by atoms with E-state index < -0.39 is 17.4 Å². The molecule has 0 amide bonds. The van der Waals surface area contributed by atoms with Crippen molar-refractivity contribution in [2.45, 2.75) is 13.1 Å². The molecule has 172 valence electrons. The first-order valence-electron chi connectivity index (χ1n) is 9.73. The van der Waals surface area contributed by atoms with Gasteiger partial charge >= 0.3 is 6.18 Å². The molecule has 0 atom stereocenters. The van der Waals surface area contributed by atoms with E-state index in [9.17, 15) is 13.2 Å². The molecule has 0 radical (unpaired) electrons. The number of rotatable bonds is 7. The third kappa shape index (κ3) is 4.58. The number of allylic oxidation sites excluding steroid dienone is 2. The van der Waals surface area contributed by atoms with Crippen LogP contribution in [0.2, 0.25) is 0 Å². The minimum absolute atomic E-state index is 0.141. The maximum absolute atomic E-state index is 14.1. The zero-order chi connectivity index (χ0) is 24.3. The molecule has 12 heteroatoms. The van der Waals surface area contributed by atoms with Crippen LogP contribution in [0.15, 0.2) is 77.6 Å². The summed E-state index contributed by atoms with van der Waals surface area (Å²) in [7, 11) is 0. The van der Waals surface area contributed by atoms with Crippen molar-refractivity contribution >= 4 is 39.1 Å². The van der Waals surface area contributed by atoms with Crippen molar-refractivity contribution < 1.29 is 13.2 Å². The van der Waals surface area contributed by atoms with Gasteiger partial charge in [-0.05, 0) is 30.7 Å². The lowest BCUT2D eigenvalue weighted by atomic mass is 10.1. The Labute approximate surface area is 195 Å². The van der Waals surface area contributed by atoms with Crippen LogP contribution in [0.3, 0.4) is 0 Å². The number of thiazole rings is 1. The summed E-state index contributed by atoms with van der Waals surface area (Å²) in [4.78, 5) is 9.75. The molecule has 3 N–H and O–H groups in total. The molecule has 0 bridgehead atoms. The van der Waals surface area contributed by atoms with Crippen LogP contribution in [0, 0.1) is 12.3 Å². The predicted molar refractivity (Wildman–Crippen MR) is 125 cm³/mol. The van der Waals surface area contributed by atoms with Crippen molar-refractivity contribution in [3.8, 4) is 5.82 Å². The standard InChI is InChI=1S/C22H17F3N8S/c1-3-16(31-14-9-13(2)21(27-11-14)33-29-7-8-30-33)15(10-26)20(22(23,24)25)32-18-6-4-5-17-19(18)34-12-28-17/h4-12,26,31-32H,1H2,2H3/b20-15+,26-10?. The number of fused-ring (bicyclic) bond motifs is 1. The number of aryl methyl sites for hydroxylation is 1. The Balaban J connectivity index is 1.72. The van der Waals surface area contributed by atoms with E-state index >= 15 is 0 Å². The summed E-state index contributed by atoms with van der Waals surface area (Å²) in [6.07, 6.45) is 0.235. The number of pyridine rings is 1. The molecule has 4 aromatic rings. The second kappa shape index (κ2) is 9.30. The van der Waals surface area contributed by atoms with Crippen LogP contribution >= 0.6 is 11.3 Å². The number of hydrogen-bond donors (Lipinski definition) is 3. The zero-order valence-corrected chi connectivity index (χ0v) is 18.5. The van der Waals surface area contributed by atoms with E-state index in [1.54, 1.807) is 30.6 Å². The molecule has 0 spiro atoms. The van der Waals surface area contributed by atoms with Gasteiger partial charge in [0.15, 0.2) is 5.82 Å². The van der Waals surface area contributed by atoms with E-state index in [0.717, 1.165) is 0 Å². The Morgan fingerprint density at radius 1 is 1.21 bits per heavy atom. The predicted octanol–water partition coefficient (Wildman–Crippen LogP) is 5.24. The second-order valence-corrected chi connectivity index (χ2v) is 7.78. The van der Waals surface area contributed by atoms with Gasteiger partial charge < -0.3 is 16.0 Å². The summed E-state index contributed by atoms with van der Waals surface area (Å²) in [5, 5.41) is 21.1. The molecule has 0 aliphatic carbocycles. The first kappa shape index (κ1) is 22.9. The molecule has 8 nitrogen and oxygen atoms in total. The summed E-state index contributed by atoms with van der Waals surface area (Å²) in [5.74, 6) is 0.470. The zero-order valence-electron chi connectivity index (χ0n) is 17.7. The van der Waals surface area contributed by atoms with Gasteiger partial charge in [-0.15, -0.1) is 21.9 Å². The molecule has 0 saturated heterocycles. The Kier molecular flexibility index (Phi) is 6.26. The average Bonchev–Trinajstić information content (AvgIpc) is 3.50. The quantitative estimate of drug-likeness (QED) is 0.189. The summed E-state index contributed by atoms with van der Waals surface area (Å²) >= 11 is 1.21. The summed E-state index contributed by atoms with van der Waals surface area (Å²) < 4.78 is 42.9. The maximum Gasteiger partial charge on any atom is 0.431 e. The number of hydrogen-bond acceptors (Lipinski definition) is 8. The SMILES string of the molecule is C=C=C(Nc1cnc(-n2nccn2)c(C)c1)/C(C=N)=C(/Nc1cccc2ncsc12)C(F)(F)F. The van der Waals surface area contributed by atoms with Crippen molar-refractivity contribution in [2.75, 3.05) is 10.6 Å². The van der Waals surface area contributed by atoms with Gasteiger partial charge in [-0.3, -0.25) is 0 Å². The smallest absolute Gasteiger partial charge is 0.350 e. The van der Waals surface area contributed by atoms with E-state index in [1.165, 1.54) is 40.8 Å². The number of anilines is 2. The largest absolute Gasteiger partial charge is 0.431 e. The van der Waals surface area contributed by atoms with Crippen LogP contribution in [-0.4, -0.2) is 37.4 Å². The van der Waals surface area contributed by atoms with Gasteiger partial charge in [0, 0.05) is 6.21 Å². The highest BCUT2D eigenvalue weighted by Gasteiger charge is 2.37. The van der Waals surface area contributed by atoms with Gasteiger partial charge in [-0.2, -0.15) is 23.4 Å². The molecular formula is C22H17F3N8S. The Hall–Kier alpha value is -4.28. The lowest BCUT2D eigenvalue weighted by Gasteiger charge is -2.20. The fourth-order valence-corrected chi connectivity index (χ4v) is 3.96. The molecule has 0 fully saturated rings. The van der Waals surface area contributed by atoms with Crippen LogP contribution in [0.1, 0.15) is 5.56 Å². The number of benzene rings is 1. The molecule has 1 aromatic carbocycles. The van der Waals surface area contributed by atoms with Gasteiger partial charge in [0.25, 0.3) is 0 Å².